The summed E-state index contributed by atoms with van der Waals surface area (Å²) in [6.07, 6.45) is 5.37. The first-order valence-corrected chi connectivity index (χ1v) is 9.75. The second-order valence-corrected chi connectivity index (χ2v) is 6.66. The number of unbranched alkanes of at least 4 members (excludes halogenated alkanes) is 1. The van der Waals surface area contributed by atoms with Gasteiger partial charge in [-0.15, -0.1) is 0 Å². The molecule has 152 valence electrons. The summed E-state index contributed by atoms with van der Waals surface area (Å²) in [6.45, 7) is 2.04. The molecule has 0 heterocycles. The standard InChI is InChI=1S/C22H25N3O3S/c1-3-4-10-20(26)24-18-13-12-17(15-19(18)28-2)23-22(29)25-21(27)14-11-16-8-6-5-7-9-16/h5-9,11-15H,3-4,10H2,1-2H3,(H,24,26)(H2,23,25,27,29). The van der Waals surface area contributed by atoms with Gasteiger partial charge in [0.1, 0.15) is 5.75 Å². The van der Waals surface area contributed by atoms with Gasteiger partial charge < -0.3 is 15.4 Å². The molecule has 6 nitrogen and oxygen atoms in total. The van der Waals surface area contributed by atoms with Crippen molar-refractivity contribution in [1.82, 2.24) is 5.32 Å². The third kappa shape index (κ3) is 7.75. The fourth-order valence-electron chi connectivity index (χ4n) is 2.47. The van der Waals surface area contributed by atoms with Gasteiger partial charge in [0.25, 0.3) is 0 Å². The van der Waals surface area contributed by atoms with Crippen molar-refractivity contribution in [2.45, 2.75) is 26.2 Å². The van der Waals surface area contributed by atoms with Crippen LogP contribution in [0.2, 0.25) is 0 Å². The molecule has 3 N–H and O–H groups in total. The number of nitrogens with one attached hydrogen (secondary N) is 3. The number of carbonyl (C=O) groups excluding carboxylic acids is 2. The number of amides is 2. The van der Waals surface area contributed by atoms with Gasteiger partial charge in [-0.3, -0.25) is 14.9 Å². The van der Waals surface area contributed by atoms with Crippen LogP contribution in [-0.2, 0) is 9.59 Å². The molecule has 0 unspecified atom stereocenters. The molecule has 2 rings (SSSR count). The second kappa shape index (κ2) is 11.6. The largest absolute Gasteiger partial charge is 0.494 e. The van der Waals surface area contributed by atoms with Crippen LogP contribution in [-0.4, -0.2) is 24.0 Å². The minimum atomic E-state index is -0.335. The maximum Gasteiger partial charge on any atom is 0.250 e. The lowest BCUT2D eigenvalue weighted by Gasteiger charge is -2.13. The van der Waals surface area contributed by atoms with E-state index in [2.05, 4.69) is 16.0 Å². The highest BCUT2D eigenvalue weighted by Gasteiger charge is 2.09. The Kier molecular flexibility index (Phi) is 8.85. The van der Waals surface area contributed by atoms with Gasteiger partial charge in [0.15, 0.2) is 5.11 Å². The number of benzene rings is 2. The van der Waals surface area contributed by atoms with Crippen LogP contribution in [0.25, 0.3) is 6.08 Å². The van der Waals surface area contributed by atoms with E-state index in [9.17, 15) is 9.59 Å². The number of thiocarbonyl (C=S) groups is 1. The Morgan fingerprint density at radius 2 is 1.86 bits per heavy atom. The van der Waals surface area contributed by atoms with Crippen LogP contribution in [0.3, 0.4) is 0 Å². The van der Waals surface area contributed by atoms with Crippen molar-refractivity contribution >= 4 is 46.6 Å². The number of ether oxygens (including phenoxy) is 1. The predicted octanol–water partition coefficient (Wildman–Crippen LogP) is 4.35. The van der Waals surface area contributed by atoms with Crippen LogP contribution in [0.15, 0.2) is 54.6 Å². The van der Waals surface area contributed by atoms with Crippen LogP contribution >= 0.6 is 12.2 Å². The smallest absolute Gasteiger partial charge is 0.250 e. The molecule has 0 aromatic heterocycles. The van der Waals surface area contributed by atoms with E-state index in [0.29, 0.717) is 23.5 Å². The second-order valence-electron chi connectivity index (χ2n) is 6.25. The summed E-state index contributed by atoms with van der Waals surface area (Å²) in [7, 11) is 1.52. The van der Waals surface area contributed by atoms with E-state index in [1.54, 1.807) is 24.3 Å². The first-order valence-electron chi connectivity index (χ1n) is 9.34. The van der Waals surface area contributed by atoms with Crippen LogP contribution in [0, 0.1) is 0 Å². The van der Waals surface area contributed by atoms with E-state index in [4.69, 9.17) is 17.0 Å². The number of anilines is 2. The summed E-state index contributed by atoms with van der Waals surface area (Å²) in [5.74, 6) is 0.106. The predicted molar refractivity (Wildman–Crippen MR) is 121 cm³/mol. The number of methoxy groups -OCH3 is 1. The van der Waals surface area contributed by atoms with Gasteiger partial charge >= 0.3 is 0 Å². The number of hydrogen-bond donors (Lipinski definition) is 3. The monoisotopic (exact) mass is 411 g/mol. The molecule has 0 spiro atoms. The fourth-order valence-corrected chi connectivity index (χ4v) is 2.69. The highest BCUT2D eigenvalue weighted by atomic mass is 32.1. The van der Waals surface area contributed by atoms with Gasteiger partial charge in [0.2, 0.25) is 11.8 Å². The Bertz CT molecular complexity index is 882. The molecule has 2 aromatic carbocycles. The van der Waals surface area contributed by atoms with Crippen molar-refractivity contribution < 1.29 is 14.3 Å². The van der Waals surface area contributed by atoms with Gasteiger partial charge in [-0.2, -0.15) is 0 Å². The summed E-state index contributed by atoms with van der Waals surface area (Å²) in [4.78, 5) is 23.9. The van der Waals surface area contributed by atoms with Gasteiger partial charge in [0.05, 0.1) is 12.8 Å². The zero-order valence-corrected chi connectivity index (χ0v) is 17.3. The molecule has 0 aliphatic heterocycles. The topological polar surface area (TPSA) is 79.5 Å². The van der Waals surface area contributed by atoms with Crippen molar-refractivity contribution in [2.75, 3.05) is 17.7 Å². The zero-order valence-electron chi connectivity index (χ0n) is 16.5. The first kappa shape index (κ1) is 22.1. The van der Waals surface area contributed by atoms with E-state index in [-0.39, 0.29) is 16.9 Å². The average molecular weight is 412 g/mol. The summed E-state index contributed by atoms with van der Waals surface area (Å²) in [6, 6.07) is 14.7. The number of rotatable bonds is 8. The molecule has 0 aliphatic rings. The van der Waals surface area contributed by atoms with Gasteiger partial charge in [0, 0.05) is 24.3 Å². The van der Waals surface area contributed by atoms with Crippen LogP contribution in [0.1, 0.15) is 31.7 Å². The number of carbonyl (C=O) groups is 2. The van der Waals surface area contributed by atoms with Crippen LogP contribution in [0.4, 0.5) is 11.4 Å². The quantitative estimate of drug-likeness (QED) is 0.445. The maximum atomic E-state index is 12.0. The zero-order chi connectivity index (χ0) is 21.1. The Labute approximate surface area is 176 Å². The Balaban J connectivity index is 1.93. The van der Waals surface area contributed by atoms with E-state index in [1.165, 1.54) is 13.2 Å². The minimum Gasteiger partial charge on any atom is -0.494 e. The van der Waals surface area contributed by atoms with Crippen molar-refractivity contribution in [1.29, 1.82) is 0 Å². The molecule has 29 heavy (non-hydrogen) atoms. The van der Waals surface area contributed by atoms with E-state index >= 15 is 0 Å². The lowest BCUT2D eigenvalue weighted by atomic mass is 10.2. The molecule has 2 aromatic rings. The molecule has 0 aliphatic carbocycles. The normalized spacial score (nSPS) is 10.4. The van der Waals surface area contributed by atoms with Crippen molar-refractivity contribution in [3.63, 3.8) is 0 Å². The van der Waals surface area contributed by atoms with Gasteiger partial charge in [-0.05, 0) is 42.4 Å². The Hall–Kier alpha value is -3.19. The molecule has 7 heteroatoms. The summed E-state index contributed by atoms with van der Waals surface area (Å²) in [5, 5.41) is 8.52. The van der Waals surface area contributed by atoms with E-state index in [0.717, 1.165) is 18.4 Å². The summed E-state index contributed by atoms with van der Waals surface area (Å²) < 4.78 is 5.35. The first-order chi connectivity index (χ1) is 14.0. The van der Waals surface area contributed by atoms with Crippen LogP contribution in [0.5, 0.6) is 5.75 Å². The molecular weight excluding hydrogens is 386 g/mol. The molecular formula is C22H25N3O3S. The molecule has 0 radical (unpaired) electrons. The van der Waals surface area contributed by atoms with Crippen molar-refractivity contribution in [3.05, 3.63) is 60.2 Å². The van der Waals surface area contributed by atoms with Crippen LogP contribution < -0.4 is 20.7 Å². The third-order valence-corrected chi connectivity index (χ3v) is 4.16. The Morgan fingerprint density at radius 3 is 2.55 bits per heavy atom. The van der Waals surface area contributed by atoms with Crippen molar-refractivity contribution in [3.8, 4) is 5.75 Å². The molecule has 0 bridgehead atoms. The lowest BCUT2D eigenvalue weighted by molar-refractivity contribution is -0.116. The molecule has 0 saturated carbocycles. The SMILES string of the molecule is CCCCC(=O)Nc1ccc(NC(=S)NC(=O)C=Cc2ccccc2)cc1OC. The number of hydrogen-bond acceptors (Lipinski definition) is 4. The van der Waals surface area contributed by atoms with Gasteiger partial charge in [-0.25, -0.2) is 0 Å². The fraction of sp³-hybridized carbons (Fsp3) is 0.227. The maximum absolute atomic E-state index is 12.0. The van der Waals surface area contributed by atoms with E-state index < -0.39 is 0 Å². The highest BCUT2D eigenvalue weighted by Crippen LogP contribution is 2.28. The Morgan fingerprint density at radius 1 is 1.10 bits per heavy atom. The lowest BCUT2D eigenvalue weighted by Crippen LogP contribution is -2.32. The average Bonchev–Trinajstić information content (AvgIpc) is 2.72. The molecule has 0 fully saturated rings. The highest BCUT2D eigenvalue weighted by molar-refractivity contribution is 7.80. The molecule has 2 amide bonds. The summed E-state index contributed by atoms with van der Waals surface area (Å²) >= 11 is 5.19. The third-order valence-electron chi connectivity index (χ3n) is 3.95. The van der Waals surface area contributed by atoms with E-state index in [1.807, 2.05) is 37.3 Å². The summed E-state index contributed by atoms with van der Waals surface area (Å²) in [5.41, 5.74) is 2.13. The van der Waals surface area contributed by atoms with Crippen molar-refractivity contribution in [2.24, 2.45) is 0 Å². The van der Waals surface area contributed by atoms with Gasteiger partial charge in [-0.1, -0.05) is 43.7 Å². The minimum absolute atomic E-state index is 0.0566. The molecule has 0 saturated heterocycles. The molecule has 0 atom stereocenters.